The Bertz CT molecular complexity index is 2060. The number of Topliss-reactive ketones (excluding diaryl/α,β-unsaturated/α-hetero) is 3. The number of aliphatic hydroxyl groups is 5. The van der Waals surface area contributed by atoms with E-state index in [-0.39, 0.29) is 49.5 Å². The fourth-order valence-corrected chi connectivity index (χ4v) is 10.7. The molecule has 0 aromatic heterocycles. The minimum absolute atomic E-state index is 0.00808. The van der Waals surface area contributed by atoms with E-state index in [2.05, 4.69) is 0 Å². The second kappa shape index (κ2) is 27.9. The first-order valence-corrected chi connectivity index (χ1v) is 26.4. The normalized spacial score (nSPS) is 38.1. The van der Waals surface area contributed by atoms with Gasteiger partial charge in [0.1, 0.15) is 41.7 Å². The molecule has 418 valence electrons. The van der Waals surface area contributed by atoms with Crippen LogP contribution < -0.4 is 0 Å². The summed E-state index contributed by atoms with van der Waals surface area (Å²) in [5, 5.41) is 54.4. The molecule has 4 aliphatic rings. The molecule has 18 heteroatoms. The molecular formula is C56H87NO17. The molecule has 18 nitrogen and oxygen atoms in total. The molecule has 5 N–H and O–H groups in total. The molecule has 3 heterocycles. The van der Waals surface area contributed by atoms with Gasteiger partial charge in [-0.25, -0.2) is 4.79 Å². The molecule has 2 saturated heterocycles. The number of carbonyl (C=O) groups is 6. The van der Waals surface area contributed by atoms with Crippen molar-refractivity contribution in [1.82, 2.24) is 4.90 Å². The largest absolute Gasteiger partial charge is 0.460 e. The highest BCUT2D eigenvalue weighted by Crippen LogP contribution is 2.38. The molecule has 74 heavy (non-hydrogen) atoms. The summed E-state index contributed by atoms with van der Waals surface area (Å²) in [6.45, 7) is 12.0. The maximum Gasteiger partial charge on any atom is 0.329 e. The van der Waals surface area contributed by atoms with E-state index in [1.807, 2.05) is 19.9 Å². The smallest absolute Gasteiger partial charge is 0.329 e. The number of ketones is 3. The van der Waals surface area contributed by atoms with Crippen molar-refractivity contribution in [3.8, 4) is 0 Å². The number of esters is 2. The van der Waals surface area contributed by atoms with Gasteiger partial charge >= 0.3 is 11.9 Å². The quantitative estimate of drug-likeness (QED) is 0.111. The van der Waals surface area contributed by atoms with Crippen LogP contribution in [0, 0.1) is 35.0 Å². The average Bonchev–Trinajstić information content (AvgIpc) is 3.37. The lowest BCUT2D eigenvalue weighted by Crippen LogP contribution is -2.61. The van der Waals surface area contributed by atoms with Crippen molar-refractivity contribution in [3.63, 3.8) is 0 Å². The Hall–Kier alpha value is -3.98. The Kier molecular flexibility index (Phi) is 23.6. The lowest BCUT2D eigenvalue weighted by Gasteiger charge is -2.42. The first-order valence-electron chi connectivity index (χ1n) is 26.4. The summed E-state index contributed by atoms with van der Waals surface area (Å²) in [6.07, 6.45) is 7.63. The van der Waals surface area contributed by atoms with E-state index in [9.17, 15) is 54.3 Å². The summed E-state index contributed by atoms with van der Waals surface area (Å²) in [5.74, 6) is -10.0. The zero-order valence-electron chi connectivity index (χ0n) is 45.7. The molecule has 3 aliphatic heterocycles. The van der Waals surface area contributed by atoms with Gasteiger partial charge in [0.15, 0.2) is 5.78 Å². The van der Waals surface area contributed by atoms with Crippen molar-refractivity contribution in [2.75, 3.05) is 41.1 Å². The molecule has 0 aromatic carbocycles. The van der Waals surface area contributed by atoms with Crippen LogP contribution in [-0.2, 0) is 57.2 Å². The van der Waals surface area contributed by atoms with Crippen molar-refractivity contribution in [2.24, 2.45) is 35.0 Å². The minimum atomic E-state index is -2.50. The van der Waals surface area contributed by atoms with E-state index >= 15 is 0 Å². The number of carbonyl (C=O) groups excluding carboxylic acids is 6. The van der Waals surface area contributed by atoms with Gasteiger partial charge in [0.25, 0.3) is 11.7 Å². The molecule has 0 spiro atoms. The van der Waals surface area contributed by atoms with Crippen LogP contribution in [0.15, 0.2) is 47.6 Å². The van der Waals surface area contributed by atoms with Crippen LogP contribution in [0.3, 0.4) is 0 Å². The molecule has 1 amide bonds. The number of hydrogen-bond donors (Lipinski definition) is 5. The third-order valence-corrected chi connectivity index (χ3v) is 15.9. The summed E-state index contributed by atoms with van der Waals surface area (Å²) in [4.78, 5) is 85.4. The number of methoxy groups -OCH3 is 3. The molecule has 1 aliphatic carbocycles. The van der Waals surface area contributed by atoms with Gasteiger partial charge in [0.05, 0.1) is 37.1 Å². The third kappa shape index (κ3) is 16.0. The van der Waals surface area contributed by atoms with Crippen LogP contribution in [0.4, 0.5) is 0 Å². The maximum atomic E-state index is 14.5. The van der Waals surface area contributed by atoms with E-state index in [1.54, 1.807) is 58.9 Å². The summed E-state index contributed by atoms with van der Waals surface area (Å²) < 4.78 is 35.3. The van der Waals surface area contributed by atoms with Crippen LogP contribution in [0.5, 0.6) is 0 Å². The Morgan fingerprint density at radius 2 is 1.57 bits per heavy atom. The molecule has 1 saturated carbocycles. The van der Waals surface area contributed by atoms with Gasteiger partial charge < -0.3 is 58.9 Å². The number of allylic oxidation sites excluding steroid dienone is 5. The number of cyclic esters (lactones) is 1. The van der Waals surface area contributed by atoms with E-state index < -0.39 is 132 Å². The fraction of sp³-hybridized carbons (Fsp3) is 0.750. The van der Waals surface area contributed by atoms with Crippen molar-refractivity contribution in [3.05, 3.63) is 47.6 Å². The van der Waals surface area contributed by atoms with Crippen molar-refractivity contribution >= 4 is 35.2 Å². The van der Waals surface area contributed by atoms with Gasteiger partial charge in [0.2, 0.25) is 5.79 Å². The summed E-state index contributed by atoms with van der Waals surface area (Å²) >= 11 is 0. The molecule has 15 atom stereocenters. The molecule has 4 rings (SSSR count). The zero-order valence-corrected chi connectivity index (χ0v) is 45.7. The predicted octanol–water partition coefficient (Wildman–Crippen LogP) is 4.84. The number of ether oxygens (including phenoxy) is 6. The van der Waals surface area contributed by atoms with Gasteiger partial charge in [-0.2, -0.15) is 0 Å². The Labute approximate surface area is 437 Å². The van der Waals surface area contributed by atoms with Crippen molar-refractivity contribution in [1.29, 1.82) is 0 Å². The number of aliphatic hydroxyl groups excluding tert-OH is 3. The van der Waals surface area contributed by atoms with Gasteiger partial charge in [-0.05, 0) is 115 Å². The Morgan fingerprint density at radius 1 is 0.878 bits per heavy atom. The van der Waals surface area contributed by atoms with Gasteiger partial charge in [-0.15, -0.1) is 0 Å². The number of hydrogen-bond acceptors (Lipinski definition) is 17. The van der Waals surface area contributed by atoms with Gasteiger partial charge in [-0.1, -0.05) is 64.2 Å². The van der Waals surface area contributed by atoms with E-state index in [1.165, 1.54) is 34.3 Å². The van der Waals surface area contributed by atoms with Crippen LogP contribution >= 0.6 is 0 Å². The number of fused-ring (bicyclic) bond motifs is 3. The number of amides is 1. The summed E-state index contributed by atoms with van der Waals surface area (Å²) in [7, 11) is 4.33. The van der Waals surface area contributed by atoms with Gasteiger partial charge in [-0.3, -0.25) is 24.0 Å². The second-order valence-electron chi connectivity index (χ2n) is 22.2. The topological polar surface area (TPSA) is 262 Å². The standard InChI is InChI=1S/C56H87NO17/c1-33-17-13-12-15-23-55(8,67)30-37(5)48(62)49(71-11)47(61)36(4)25-34(2)42(60)29-45(35(3)26-39-20-22-43(46(27-39)70-10)73-53(66)54(7,31-58)32-59)72-52(65)41-18-14-16-24-57(41)51(64)50(63)56(68)38(6)19-21-40(74-56)28-44(33)69-9/h12-13,15,17,23,25,34-35,37-41,43-47,49,58-59,61,67-68H,14,16,18-22,24,26-32H2,1-11H3/b13-12+,23-15-,33-17+,36-25+. The number of rotatable bonds is 10. The molecule has 3 fully saturated rings. The predicted molar refractivity (Wildman–Crippen MR) is 273 cm³/mol. The first-order chi connectivity index (χ1) is 34.8. The monoisotopic (exact) mass is 1050 g/mol. The molecule has 0 radical (unpaired) electrons. The molecular weight excluding hydrogens is 959 g/mol. The summed E-state index contributed by atoms with van der Waals surface area (Å²) in [6, 6.07) is -1.22. The van der Waals surface area contributed by atoms with Crippen LogP contribution in [0.25, 0.3) is 0 Å². The lowest BCUT2D eigenvalue weighted by atomic mass is 9.78. The van der Waals surface area contributed by atoms with E-state index in [0.717, 1.165) is 10.5 Å². The number of nitrogens with zero attached hydrogens (tertiary/aromatic N) is 1. The Morgan fingerprint density at radius 3 is 2.20 bits per heavy atom. The fourth-order valence-electron chi connectivity index (χ4n) is 10.7. The first kappa shape index (κ1) is 62.6. The summed E-state index contributed by atoms with van der Waals surface area (Å²) in [5.41, 5.74) is -1.85. The highest BCUT2D eigenvalue weighted by Gasteiger charge is 2.53. The molecule has 0 aromatic rings. The van der Waals surface area contributed by atoms with Crippen LogP contribution in [-0.4, -0.2) is 167 Å². The Balaban J connectivity index is 1.71. The van der Waals surface area contributed by atoms with Crippen LogP contribution in [0.2, 0.25) is 0 Å². The number of piperidine rings is 1. The SMILES string of the molecule is COC1CC2CCC(C)C(O)(O2)C(=O)C(=O)N2CCCCC2C(=O)OC(C(C)CC2CCC(OC(=O)C(C)(CO)CO)C(OC)C2)CC(=O)C(C)/C=C(\C)C(O)C(OC)C(=O)C(C)CC(C)(O)\C=C/C=C/C=C/1C. The third-order valence-electron chi connectivity index (χ3n) is 15.9. The highest BCUT2D eigenvalue weighted by atomic mass is 16.6. The van der Waals surface area contributed by atoms with Crippen molar-refractivity contribution < 1.29 is 82.7 Å². The van der Waals surface area contributed by atoms with Crippen LogP contribution in [0.1, 0.15) is 132 Å². The highest BCUT2D eigenvalue weighted by molar-refractivity contribution is 6.39. The molecule has 2 bridgehead atoms. The van der Waals surface area contributed by atoms with Gasteiger partial charge in [0, 0.05) is 58.5 Å². The lowest BCUT2D eigenvalue weighted by molar-refractivity contribution is -0.265. The molecule has 15 unspecified atom stereocenters. The average molecular weight is 1050 g/mol. The second-order valence-corrected chi connectivity index (χ2v) is 22.2. The minimum Gasteiger partial charge on any atom is -0.460 e. The zero-order chi connectivity index (χ0) is 55.3. The van der Waals surface area contributed by atoms with E-state index in [0.29, 0.717) is 51.4 Å². The maximum absolute atomic E-state index is 14.5. The van der Waals surface area contributed by atoms with E-state index in [4.69, 9.17) is 28.4 Å². The van der Waals surface area contributed by atoms with Crippen molar-refractivity contribution in [2.45, 2.75) is 193 Å².